The Kier molecular flexibility index (Phi) is 3.64. The molecule has 1 amide bonds. The highest BCUT2D eigenvalue weighted by atomic mass is 35.5. The van der Waals surface area contributed by atoms with E-state index in [4.69, 9.17) is 16.3 Å². The first-order valence-corrected chi connectivity index (χ1v) is 6.01. The van der Waals surface area contributed by atoms with E-state index in [1.54, 1.807) is 12.3 Å². The first kappa shape index (κ1) is 12.3. The number of hydrogen-bond acceptors (Lipinski definition) is 3. The van der Waals surface area contributed by atoms with Crippen molar-refractivity contribution in [1.29, 1.82) is 0 Å². The Morgan fingerprint density at radius 2 is 2.41 bits per heavy atom. The number of carbonyl (C=O) groups is 1. The van der Waals surface area contributed by atoms with Crippen LogP contribution in [0.1, 0.15) is 18.9 Å². The molecule has 0 aliphatic carbocycles. The van der Waals surface area contributed by atoms with E-state index in [1.807, 2.05) is 13.8 Å². The van der Waals surface area contributed by atoms with E-state index in [9.17, 15) is 4.79 Å². The van der Waals surface area contributed by atoms with Crippen LogP contribution in [0.5, 0.6) is 0 Å². The van der Waals surface area contributed by atoms with E-state index < -0.39 is 0 Å². The zero-order chi connectivity index (χ0) is 12.4. The Bertz CT molecular complexity index is 416. The Hall–Kier alpha value is -1.13. The summed E-state index contributed by atoms with van der Waals surface area (Å²) in [7, 11) is 0. The monoisotopic (exact) mass is 254 g/mol. The number of nitrogens with one attached hydrogen (secondary N) is 1. The predicted molar refractivity (Wildman–Crippen MR) is 66.1 cm³/mol. The summed E-state index contributed by atoms with van der Waals surface area (Å²) in [6.07, 6.45) is 2.14. The molecule has 92 valence electrons. The molecule has 2 atom stereocenters. The number of rotatable bonds is 2. The summed E-state index contributed by atoms with van der Waals surface area (Å²) < 4.78 is 5.40. The zero-order valence-electron chi connectivity index (χ0n) is 9.87. The lowest BCUT2D eigenvalue weighted by Gasteiger charge is -2.16. The van der Waals surface area contributed by atoms with Gasteiger partial charge in [0.2, 0.25) is 0 Å². The van der Waals surface area contributed by atoms with Crippen molar-refractivity contribution in [2.45, 2.75) is 26.4 Å². The topological polar surface area (TPSA) is 51.2 Å². The normalized spacial score (nSPS) is 23.7. The minimum absolute atomic E-state index is 0.145. The first-order valence-electron chi connectivity index (χ1n) is 5.63. The van der Waals surface area contributed by atoms with Gasteiger partial charge in [0, 0.05) is 12.8 Å². The molecule has 1 aromatic rings. The fraction of sp³-hybridized carbons (Fsp3) is 0.500. The maximum atomic E-state index is 12.0. The number of anilines is 1. The molecular formula is C12H15ClN2O2. The highest BCUT2D eigenvalue weighted by Gasteiger charge is 2.31. The second-order valence-corrected chi connectivity index (χ2v) is 4.70. The molecule has 1 fully saturated rings. The van der Waals surface area contributed by atoms with Crippen LogP contribution < -0.4 is 5.32 Å². The number of aryl methyl sites for hydroxylation is 1. The molecule has 2 unspecified atom stereocenters. The van der Waals surface area contributed by atoms with Crippen molar-refractivity contribution in [3.05, 3.63) is 23.0 Å². The summed E-state index contributed by atoms with van der Waals surface area (Å²) >= 11 is 5.95. The maximum Gasteiger partial charge on any atom is 0.253 e. The molecule has 0 saturated carbocycles. The zero-order valence-corrected chi connectivity index (χ0v) is 10.6. The molecule has 1 aliphatic rings. The van der Waals surface area contributed by atoms with Crippen LogP contribution in [0.4, 0.5) is 5.69 Å². The molecular weight excluding hydrogens is 240 g/mol. The van der Waals surface area contributed by atoms with Gasteiger partial charge in [-0.3, -0.25) is 4.79 Å². The standard InChI is InChI=1S/C12H15ClN2O2/c1-7-3-5-14-11(13)9(7)15-12(16)10-8(2)4-6-17-10/h3,5,8,10H,4,6H2,1-2H3,(H,15,16). The predicted octanol–water partition coefficient (Wildman–Crippen LogP) is 2.41. The first-order chi connectivity index (χ1) is 8.09. The Balaban J connectivity index is 2.13. The van der Waals surface area contributed by atoms with Crippen molar-refractivity contribution >= 4 is 23.2 Å². The molecule has 1 aromatic heterocycles. The van der Waals surface area contributed by atoms with E-state index in [0.717, 1.165) is 12.0 Å². The summed E-state index contributed by atoms with van der Waals surface area (Å²) in [5.74, 6) is 0.0961. The van der Waals surface area contributed by atoms with Crippen LogP contribution in [-0.4, -0.2) is 23.6 Å². The van der Waals surface area contributed by atoms with Crippen LogP contribution in [0.25, 0.3) is 0 Å². The van der Waals surface area contributed by atoms with E-state index in [-0.39, 0.29) is 17.9 Å². The van der Waals surface area contributed by atoms with E-state index in [2.05, 4.69) is 10.3 Å². The lowest BCUT2D eigenvalue weighted by molar-refractivity contribution is -0.126. The molecule has 1 saturated heterocycles. The minimum atomic E-state index is -0.384. The number of amides is 1. The van der Waals surface area contributed by atoms with Crippen LogP contribution in [0.15, 0.2) is 12.3 Å². The number of carbonyl (C=O) groups excluding carboxylic acids is 1. The molecule has 1 N–H and O–H groups in total. The molecule has 5 heteroatoms. The molecule has 0 aromatic carbocycles. The Morgan fingerprint density at radius 3 is 3.00 bits per heavy atom. The quantitative estimate of drug-likeness (QED) is 0.825. The van der Waals surface area contributed by atoms with Crippen molar-refractivity contribution in [2.75, 3.05) is 11.9 Å². The molecule has 1 aliphatic heterocycles. The van der Waals surface area contributed by atoms with E-state index >= 15 is 0 Å². The van der Waals surface area contributed by atoms with Crippen LogP contribution >= 0.6 is 11.6 Å². The Morgan fingerprint density at radius 1 is 1.65 bits per heavy atom. The van der Waals surface area contributed by atoms with Gasteiger partial charge in [-0.25, -0.2) is 4.98 Å². The van der Waals surface area contributed by atoms with Crippen molar-refractivity contribution in [3.63, 3.8) is 0 Å². The second kappa shape index (κ2) is 5.02. The van der Waals surface area contributed by atoms with E-state index in [0.29, 0.717) is 17.4 Å². The fourth-order valence-corrected chi connectivity index (χ4v) is 2.15. The second-order valence-electron chi connectivity index (χ2n) is 4.34. The third-order valence-corrected chi connectivity index (χ3v) is 3.29. The average Bonchev–Trinajstić information content (AvgIpc) is 2.70. The minimum Gasteiger partial charge on any atom is -0.368 e. The van der Waals surface area contributed by atoms with Gasteiger partial charge >= 0.3 is 0 Å². The van der Waals surface area contributed by atoms with Gasteiger partial charge in [-0.2, -0.15) is 0 Å². The van der Waals surface area contributed by atoms with Gasteiger partial charge in [0.15, 0.2) is 5.15 Å². The van der Waals surface area contributed by atoms with Gasteiger partial charge in [-0.05, 0) is 30.9 Å². The van der Waals surface area contributed by atoms with Gasteiger partial charge in [0.05, 0.1) is 5.69 Å². The van der Waals surface area contributed by atoms with Gasteiger partial charge in [-0.15, -0.1) is 0 Å². The number of halogens is 1. The summed E-state index contributed by atoms with van der Waals surface area (Å²) in [4.78, 5) is 16.0. The van der Waals surface area contributed by atoms with Crippen LogP contribution in [0.3, 0.4) is 0 Å². The van der Waals surface area contributed by atoms with Gasteiger partial charge < -0.3 is 10.1 Å². The number of aromatic nitrogens is 1. The average molecular weight is 255 g/mol. The maximum absolute atomic E-state index is 12.0. The van der Waals surface area contributed by atoms with Crippen LogP contribution in [0, 0.1) is 12.8 Å². The number of hydrogen-bond donors (Lipinski definition) is 1. The third kappa shape index (κ3) is 2.58. The molecule has 4 nitrogen and oxygen atoms in total. The molecule has 0 spiro atoms. The van der Waals surface area contributed by atoms with Crippen LogP contribution in [0.2, 0.25) is 5.15 Å². The highest BCUT2D eigenvalue weighted by Crippen LogP contribution is 2.26. The number of nitrogens with zero attached hydrogens (tertiary/aromatic N) is 1. The highest BCUT2D eigenvalue weighted by molar-refractivity contribution is 6.32. The van der Waals surface area contributed by atoms with Crippen molar-refractivity contribution in [3.8, 4) is 0 Å². The van der Waals surface area contributed by atoms with Crippen molar-refractivity contribution < 1.29 is 9.53 Å². The van der Waals surface area contributed by atoms with Gasteiger partial charge in [-0.1, -0.05) is 18.5 Å². The van der Waals surface area contributed by atoms with Crippen LogP contribution in [-0.2, 0) is 9.53 Å². The molecule has 0 radical (unpaired) electrons. The SMILES string of the molecule is Cc1ccnc(Cl)c1NC(=O)C1OCCC1C. The number of ether oxygens (including phenoxy) is 1. The van der Waals surface area contributed by atoms with Crippen molar-refractivity contribution in [1.82, 2.24) is 4.98 Å². The van der Waals surface area contributed by atoms with Crippen molar-refractivity contribution in [2.24, 2.45) is 5.92 Å². The van der Waals surface area contributed by atoms with Gasteiger partial charge in [0.1, 0.15) is 6.10 Å². The fourth-order valence-electron chi connectivity index (χ4n) is 1.90. The van der Waals surface area contributed by atoms with E-state index in [1.165, 1.54) is 0 Å². The molecule has 17 heavy (non-hydrogen) atoms. The summed E-state index contributed by atoms with van der Waals surface area (Å²) in [5.41, 5.74) is 1.46. The molecule has 0 bridgehead atoms. The molecule has 2 rings (SSSR count). The lowest BCUT2D eigenvalue weighted by atomic mass is 10.0. The molecule has 2 heterocycles. The smallest absolute Gasteiger partial charge is 0.253 e. The Labute approximate surface area is 105 Å². The summed E-state index contributed by atoms with van der Waals surface area (Å²) in [6.45, 7) is 4.52. The third-order valence-electron chi connectivity index (χ3n) is 3.01. The largest absolute Gasteiger partial charge is 0.368 e. The summed E-state index contributed by atoms with van der Waals surface area (Å²) in [6, 6.07) is 1.81. The lowest BCUT2D eigenvalue weighted by Crippen LogP contribution is -2.31. The number of pyridine rings is 1. The summed E-state index contributed by atoms with van der Waals surface area (Å²) in [5, 5.41) is 3.10. The van der Waals surface area contributed by atoms with Gasteiger partial charge in [0.25, 0.3) is 5.91 Å².